The van der Waals surface area contributed by atoms with Crippen molar-refractivity contribution in [3.05, 3.63) is 72.8 Å². The standard InChI is InChI=1S/C28H32N3PSe/c1-19(2)31(20(3)4)32(33)29(5)25-17-15-21-11-7-9-13-23(21)27(25)28-24-14-10-8-12-22(24)16-18-26(28)30(32)6/h7-20H,1-6H3/q+1. The monoisotopic (exact) mass is 521 g/mol. The Balaban J connectivity index is 1.97. The average molecular weight is 521 g/mol. The molecule has 0 atom stereocenters. The van der Waals surface area contributed by atoms with Crippen molar-refractivity contribution in [1.82, 2.24) is 4.67 Å². The molecule has 169 valence electrons. The summed E-state index contributed by atoms with van der Waals surface area (Å²) < 4.78 is 7.77. The second-order valence-electron chi connectivity index (χ2n) is 9.49. The molecule has 3 nitrogen and oxygen atoms in total. The third-order valence-electron chi connectivity index (χ3n) is 6.90. The normalized spacial score (nSPS) is 15.5. The zero-order chi connectivity index (χ0) is 23.5. The van der Waals surface area contributed by atoms with Gasteiger partial charge in [-0.25, -0.2) is 0 Å². The summed E-state index contributed by atoms with van der Waals surface area (Å²) in [5.41, 5.74) is 5.24. The van der Waals surface area contributed by atoms with Crippen molar-refractivity contribution in [3.8, 4) is 11.1 Å². The fourth-order valence-electron chi connectivity index (χ4n) is 5.57. The SMILES string of the molecule is CC(C)N(C(C)C)[P+]1([Se])N(C)c2ccc3ccccc3c2-c2c(ccc3ccccc23)N1C. The van der Waals surface area contributed by atoms with Crippen LogP contribution in [0.5, 0.6) is 0 Å². The van der Waals surface area contributed by atoms with Gasteiger partial charge in [-0.15, -0.1) is 0 Å². The quantitative estimate of drug-likeness (QED) is 0.205. The van der Waals surface area contributed by atoms with Crippen LogP contribution >= 0.6 is 6.40 Å². The van der Waals surface area contributed by atoms with E-state index < -0.39 is 6.40 Å². The summed E-state index contributed by atoms with van der Waals surface area (Å²) in [5, 5.41) is 5.17. The zero-order valence-corrected chi connectivity index (χ0v) is 22.9. The summed E-state index contributed by atoms with van der Waals surface area (Å²) in [6.45, 7) is 9.26. The topological polar surface area (TPSA) is 9.72 Å². The third kappa shape index (κ3) is 3.31. The molecule has 1 heterocycles. The number of hydrogen-bond acceptors (Lipinski definition) is 3. The summed E-state index contributed by atoms with van der Waals surface area (Å²) >= 11 is 3.76. The first kappa shape index (κ1) is 22.7. The molecule has 0 saturated carbocycles. The number of nitrogens with zero attached hydrogens (tertiary/aromatic N) is 3. The molecular weight excluding hydrogens is 488 g/mol. The molecule has 0 bridgehead atoms. The average Bonchev–Trinajstić information content (AvgIpc) is 2.87. The van der Waals surface area contributed by atoms with Crippen molar-refractivity contribution in [3.63, 3.8) is 0 Å². The van der Waals surface area contributed by atoms with Crippen LogP contribution in [0.1, 0.15) is 27.7 Å². The molecule has 0 saturated heterocycles. The van der Waals surface area contributed by atoms with Gasteiger partial charge in [-0.2, -0.15) is 0 Å². The van der Waals surface area contributed by atoms with E-state index in [2.05, 4.69) is 144 Å². The molecule has 0 unspecified atom stereocenters. The molecule has 0 amide bonds. The Morgan fingerprint density at radius 3 is 1.42 bits per heavy atom. The molecule has 1 radical (unpaired) electrons. The van der Waals surface area contributed by atoms with Gasteiger partial charge in [-0.05, 0) is 0 Å². The summed E-state index contributed by atoms with van der Waals surface area (Å²) in [6, 6.07) is 27.6. The molecular formula is C28H32N3PSe+. The van der Waals surface area contributed by atoms with Gasteiger partial charge in [0.25, 0.3) is 0 Å². The van der Waals surface area contributed by atoms with Crippen LogP contribution in [0.3, 0.4) is 0 Å². The van der Waals surface area contributed by atoms with Crippen molar-refractivity contribution in [2.45, 2.75) is 39.8 Å². The van der Waals surface area contributed by atoms with Gasteiger partial charge >= 0.3 is 207 Å². The van der Waals surface area contributed by atoms with Crippen LogP contribution < -0.4 is 9.34 Å². The predicted octanol–water partition coefficient (Wildman–Crippen LogP) is 7.51. The van der Waals surface area contributed by atoms with Gasteiger partial charge in [0.15, 0.2) is 0 Å². The van der Waals surface area contributed by atoms with Gasteiger partial charge in [0, 0.05) is 0 Å². The van der Waals surface area contributed by atoms with Gasteiger partial charge in [0.1, 0.15) is 0 Å². The van der Waals surface area contributed by atoms with E-state index in [1.165, 1.54) is 44.0 Å². The number of anilines is 2. The Labute approximate surface area is 206 Å². The predicted molar refractivity (Wildman–Crippen MR) is 148 cm³/mol. The van der Waals surface area contributed by atoms with Crippen LogP contribution in [0, 0.1) is 0 Å². The van der Waals surface area contributed by atoms with Crippen LogP contribution in [0.25, 0.3) is 32.7 Å². The van der Waals surface area contributed by atoms with Gasteiger partial charge < -0.3 is 0 Å². The van der Waals surface area contributed by atoms with E-state index in [1.54, 1.807) is 0 Å². The van der Waals surface area contributed by atoms with E-state index in [9.17, 15) is 0 Å². The maximum atomic E-state index is 3.76. The Morgan fingerprint density at radius 1 is 0.636 bits per heavy atom. The number of fused-ring (bicyclic) bond motifs is 7. The van der Waals surface area contributed by atoms with E-state index in [0.29, 0.717) is 12.1 Å². The van der Waals surface area contributed by atoms with Crippen LogP contribution in [0.15, 0.2) is 72.8 Å². The van der Waals surface area contributed by atoms with Crippen molar-refractivity contribution in [2.75, 3.05) is 23.4 Å². The molecule has 0 aliphatic carbocycles. The Kier molecular flexibility index (Phi) is 5.70. The summed E-state index contributed by atoms with van der Waals surface area (Å²) in [7, 11) is 4.56. The van der Waals surface area contributed by atoms with Gasteiger partial charge in [0.05, 0.1) is 0 Å². The fraction of sp³-hybridized carbons (Fsp3) is 0.286. The Hall–Kier alpha value is -2.09. The maximum absolute atomic E-state index is 3.76. The summed E-state index contributed by atoms with van der Waals surface area (Å²) in [5.74, 6) is 0. The molecule has 1 aliphatic heterocycles. The zero-order valence-electron chi connectivity index (χ0n) is 20.3. The number of rotatable bonds is 3. The van der Waals surface area contributed by atoms with Crippen molar-refractivity contribution >= 4 is 54.9 Å². The van der Waals surface area contributed by atoms with Crippen molar-refractivity contribution in [1.29, 1.82) is 0 Å². The molecule has 5 heteroatoms. The fourth-order valence-corrected chi connectivity index (χ4v) is 12.2. The molecule has 5 rings (SSSR count). The Bertz CT molecular complexity index is 1250. The minimum absolute atomic E-state index is 0.399. The van der Waals surface area contributed by atoms with Gasteiger partial charge in [-0.1, -0.05) is 0 Å². The molecule has 0 spiro atoms. The van der Waals surface area contributed by atoms with E-state index in [1.807, 2.05) is 0 Å². The van der Waals surface area contributed by atoms with Crippen LogP contribution in [0.2, 0.25) is 0 Å². The van der Waals surface area contributed by atoms with Crippen molar-refractivity contribution in [2.24, 2.45) is 0 Å². The molecule has 1 aliphatic rings. The number of benzene rings is 4. The van der Waals surface area contributed by atoms with E-state index >= 15 is 0 Å². The van der Waals surface area contributed by atoms with Gasteiger partial charge in [0.2, 0.25) is 0 Å². The van der Waals surface area contributed by atoms with Gasteiger partial charge in [-0.3, -0.25) is 0 Å². The van der Waals surface area contributed by atoms with Crippen LogP contribution in [0.4, 0.5) is 11.4 Å². The van der Waals surface area contributed by atoms with Crippen LogP contribution in [-0.2, 0) is 0 Å². The second-order valence-corrected chi connectivity index (χ2v) is 15.3. The van der Waals surface area contributed by atoms with Crippen LogP contribution in [-0.4, -0.2) is 46.4 Å². The molecule has 0 aromatic heterocycles. The molecule has 0 fully saturated rings. The van der Waals surface area contributed by atoms with Crippen molar-refractivity contribution < 1.29 is 0 Å². The van der Waals surface area contributed by atoms with E-state index in [-0.39, 0.29) is 0 Å². The van der Waals surface area contributed by atoms with E-state index in [4.69, 9.17) is 0 Å². The molecule has 0 N–H and O–H groups in total. The second kappa shape index (κ2) is 8.29. The van der Waals surface area contributed by atoms with E-state index in [0.717, 1.165) is 0 Å². The first-order chi connectivity index (χ1) is 15.8. The minimum atomic E-state index is -2.06. The summed E-state index contributed by atoms with van der Waals surface area (Å²) in [6.07, 6.45) is -2.06. The summed E-state index contributed by atoms with van der Waals surface area (Å²) in [4.78, 5) is 0. The first-order valence-electron chi connectivity index (χ1n) is 11.7. The molecule has 4 aromatic rings. The number of hydrogen-bond donors (Lipinski definition) is 0. The first-order valence-corrected chi connectivity index (χ1v) is 15.5. The third-order valence-corrected chi connectivity index (χ3v) is 14.7. The molecule has 33 heavy (non-hydrogen) atoms. The Morgan fingerprint density at radius 2 is 1.03 bits per heavy atom. The molecule has 4 aromatic carbocycles.